The van der Waals surface area contributed by atoms with Gasteiger partial charge < -0.3 is 20.1 Å². The Morgan fingerprint density at radius 3 is 2.76 bits per heavy atom. The van der Waals surface area contributed by atoms with Gasteiger partial charge in [-0.2, -0.15) is 11.3 Å². The monoisotopic (exact) mass is 563 g/mol. The molecule has 9 nitrogen and oxygen atoms in total. The molecule has 3 aromatic heterocycles. The van der Waals surface area contributed by atoms with Crippen LogP contribution < -0.4 is 10.6 Å². The normalized spacial score (nSPS) is 15.4. The lowest BCUT2D eigenvalue weighted by molar-refractivity contribution is 0.0919. The summed E-state index contributed by atoms with van der Waals surface area (Å²) in [4.78, 5) is 41.1. The second-order valence-corrected chi connectivity index (χ2v) is 10.7. The molecule has 0 saturated carbocycles. The first-order valence-corrected chi connectivity index (χ1v) is 13.9. The number of aryl methyl sites for hydroxylation is 1. The first-order valence-electron chi connectivity index (χ1n) is 12.2. The molecule has 0 bridgehead atoms. The Hall–Kier alpha value is -2.66. The molecule has 3 N–H and O–H groups in total. The second-order valence-electron chi connectivity index (χ2n) is 9.22. The minimum atomic E-state index is -0.246. The van der Waals surface area contributed by atoms with Gasteiger partial charge in [-0.3, -0.25) is 10.1 Å². The minimum Gasteiger partial charge on any atom is -0.352 e. The van der Waals surface area contributed by atoms with Crippen LogP contribution in [-0.4, -0.2) is 68.4 Å². The number of imidazole rings is 1. The average molecular weight is 565 g/mol. The van der Waals surface area contributed by atoms with Gasteiger partial charge in [-0.1, -0.05) is 23.2 Å². The van der Waals surface area contributed by atoms with Crippen molar-refractivity contribution in [2.45, 2.75) is 51.7 Å². The fourth-order valence-electron chi connectivity index (χ4n) is 4.62. The first kappa shape index (κ1) is 27.4. The maximum Gasteiger partial charge on any atom is 0.324 e. The molecule has 4 heterocycles. The number of nitrogens with one attached hydrogen (secondary N) is 3. The Balaban J connectivity index is 1.28. The number of H-pyrrole nitrogens is 1. The molecule has 0 aromatic carbocycles. The third kappa shape index (κ3) is 7.22. The fourth-order valence-corrected chi connectivity index (χ4v) is 5.90. The van der Waals surface area contributed by atoms with E-state index in [4.69, 9.17) is 23.2 Å². The summed E-state index contributed by atoms with van der Waals surface area (Å²) in [6, 6.07) is 3.94. The molecular weight excluding hydrogens is 533 g/mol. The summed E-state index contributed by atoms with van der Waals surface area (Å²) in [5.74, 6) is 0.198. The van der Waals surface area contributed by atoms with Crippen molar-refractivity contribution in [3.8, 4) is 0 Å². The molecule has 3 aromatic rings. The number of rotatable bonds is 9. The zero-order valence-electron chi connectivity index (χ0n) is 20.8. The van der Waals surface area contributed by atoms with Crippen LogP contribution in [0.25, 0.3) is 0 Å². The van der Waals surface area contributed by atoms with Crippen LogP contribution in [0.5, 0.6) is 0 Å². The van der Waals surface area contributed by atoms with Gasteiger partial charge in [-0.05, 0) is 67.1 Å². The number of anilines is 1. The summed E-state index contributed by atoms with van der Waals surface area (Å²) < 4.78 is 0. The van der Waals surface area contributed by atoms with E-state index in [1.54, 1.807) is 36.7 Å². The van der Waals surface area contributed by atoms with Gasteiger partial charge in [-0.15, -0.1) is 0 Å². The van der Waals surface area contributed by atoms with E-state index >= 15 is 0 Å². The number of halogens is 2. The zero-order chi connectivity index (χ0) is 26.4. The smallest absolute Gasteiger partial charge is 0.324 e. The molecule has 198 valence electrons. The lowest BCUT2D eigenvalue weighted by Crippen LogP contribution is -2.50. The summed E-state index contributed by atoms with van der Waals surface area (Å²) in [7, 11) is 0. The summed E-state index contributed by atoms with van der Waals surface area (Å²) >= 11 is 13.7. The minimum absolute atomic E-state index is 0.112. The van der Waals surface area contributed by atoms with Gasteiger partial charge in [-0.25, -0.2) is 14.8 Å². The van der Waals surface area contributed by atoms with Crippen LogP contribution in [0.3, 0.4) is 0 Å². The number of thiophene rings is 1. The molecule has 12 heteroatoms. The van der Waals surface area contributed by atoms with Gasteiger partial charge >= 0.3 is 6.03 Å². The highest BCUT2D eigenvalue weighted by Gasteiger charge is 2.30. The molecule has 4 rings (SSSR count). The summed E-state index contributed by atoms with van der Waals surface area (Å²) in [5, 5.41) is 10.3. The topological polar surface area (TPSA) is 106 Å². The molecule has 0 aliphatic carbocycles. The van der Waals surface area contributed by atoms with E-state index in [9.17, 15) is 9.59 Å². The number of aromatic nitrogens is 3. The maximum atomic E-state index is 13.1. The Labute approximate surface area is 230 Å². The third-order valence-electron chi connectivity index (χ3n) is 6.70. The number of hydrogen-bond donors (Lipinski definition) is 3. The lowest BCUT2D eigenvalue weighted by atomic mass is 10.0. The second kappa shape index (κ2) is 12.7. The van der Waals surface area contributed by atoms with Crippen LogP contribution in [0.15, 0.2) is 35.3 Å². The van der Waals surface area contributed by atoms with Crippen LogP contribution in [0, 0.1) is 6.92 Å². The number of hydrogen-bond acceptors (Lipinski definition) is 6. The Morgan fingerprint density at radius 1 is 1.32 bits per heavy atom. The van der Waals surface area contributed by atoms with E-state index in [2.05, 4.69) is 48.9 Å². The first-order chi connectivity index (χ1) is 17.8. The number of likely N-dealkylation sites (tertiary alicyclic amines) is 1. The van der Waals surface area contributed by atoms with Crippen molar-refractivity contribution in [1.29, 1.82) is 0 Å². The van der Waals surface area contributed by atoms with Crippen LogP contribution in [0.2, 0.25) is 10.3 Å². The standard InChI is InChI=1S/C25H31Cl2N7O2S/c1-16-13-20(26)31-22(27)21(16)23(35)28-7-3-17(2)33-10-4-19(5-11-33)34(14-18-6-12-37-15-18)25(36)32-24-29-8-9-30-24/h6,8-9,12-13,15,17,19H,3-5,7,10-11,14H2,1-2H3,(H,28,35)(H2,29,30,32,36)/t17-/m1/s1. The number of amides is 3. The molecule has 1 atom stereocenters. The number of pyridine rings is 1. The number of carbonyl (C=O) groups excluding carboxylic acids is 2. The van der Waals surface area contributed by atoms with E-state index in [1.807, 2.05) is 10.3 Å². The number of urea groups is 1. The molecule has 0 spiro atoms. The van der Waals surface area contributed by atoms with E-state index < -0.39 is 0 Å². The van der Waals surface area contributed by atoms with Gasteiger partial charge in [0.1, 0.15) is 10.3 Å². The predicted molar refractivity (Wildman–Crippen MR) is 147 cm³/mol. The maximum absolute atomic E-state index is 13.1. The Bertz CT molecular complexity index is 1160. The summed E-state index contributed by atoms with van der Waals surface area (Å²) in [6.07, 6.45) is 5.84. The van der Waals surface area contributed by atoms with E-state index in [0.717, 1.165) is 37.9 Å². The highest BCUT2D eigenvalue weighted by atomic mass is 35.5. The van der Waals surface area contributed by atoms with Crippen LogP contribution in [-0.2, 0) is 6.54 Å². The molecule has 1 fully saturated rings. The quantitative estimate of drug-likeness (QED) is 0.310. The van der Waals surface area contributed by atoms with Gasteiger partial charge in [0.05, 0.1) is 5.56 Å². The van der Waals surface area contributed by atoms with E-state index in [0.29, 0.717) is 30.2 Å². The van der Waals surface area contributed by atoms with Crippen molar-refractivity contribution >= 4 is 52.4 Å². The molecule has 1 saturated heterocycles. The number of piperidine rings is 1. The summed E-state index contributed by atoms with van der Waals surface area (Å²) in [5.41, 5.74) is 2.18. The van der Waals surface area contributed by atoms with E-state index in [1.165, 1.54) is 0 Å². The van der Waals surface area contributed by atoms with Gasteiger partial charge in [0, 0.05) is 50.7 Å². The molecule has 0 radical (unpaired) electrons. The van der Waals surface area contributed by atoms with Crippen LogP contribution >= 0.6 is 34.5 Å². The van der Waals surface area contributed by atoms with Gasteiger partial charge in [0.25, 0.3) is 5.91 Å². The van der Waals surface area contributed by atoms with Crippen molar-refractivity contribution in [2.75, 3.05) is 25.0 Å². The average Bonchev–Trinajstić information content (AvgIpc) is 3.56. The van der Waals surface area contributed by atoms with Crippen molar-refractivity contribution in [3.05, 3.63) is 62.3 Å². The summed E-state index contributed by atoms with van der Waals surface area (Å²) in [6.45, 7) is 6.79. The van der Waals surface area contributed by atoms with Crippen molar-refractivity contribution in [3.63, 3.8) is 0 Å². The highest BCUT2D eigenvalue weighted by Crippen LogP contribution is 2.24. The molecule has 3 amide bonds. The number of nitrogens with zero attached hydrogens (tertiary/aromatic N) is 4. The largest absolute Gasteiger partial charge is 0.352 e. The fraction of sp³-hybridized carbons (Fsp3) is 0.440. The molecule has 37 heavy (non-hydrogen) atoms. The molecule has 1 aliphatic rings. The van der Waals surface area contributed by atoms with Gasteiger partial charge in [0.2, 0.25) is 5.95 Å². The van der Waals surface area contributed by atoms with Crippen molar-refractivity contribution < 1.29 is 9.59 Å². The lowest BCUT2D eigenvalue weighted by Gasteiger charge is -2.40. The SMILES string of the molecule is Cc1cc(Cl)nc(Cl)c1C(=O)NCC[C@@H](C)N1CCC(N(Cc2ccsc2)C(=O)Nc2ncc[nH]2)CC1. The van der Waals surface area contributed by atoms with Crippen molar-refractivity contribution in [2.24, 2.45) is 0 Å². The Kier molecular flexibility index (Phi) is 9.42. The molecule has 0 unspecified atom stereocenters. The number of aromatic amines is 1. The van der Waals surface area contributed by atoms with Crippen molar-refractivity contribution in [1.82, 2.24) is 30.1 Å². The zero-order valence-corrected chi connectivity index (χ0v) is 23.2. The van der Waals surface area contributed by atoms with Crippen LogP contribution in [0.1, 0.15) is 47.7 Å². The Morgan fingerprint density at radius 2 is 2.11 bits per heavy atom. The number of carbonyl (C=O) groups is 2. The molecule has 1 aliphatic heterocycles. The highest BCUT2D eigenvalue weighted by molar-refractivity contribution is 7.07. The van der Waals surface area contributed by atoms with Crippen LogP contribution in [0.4, 0.5) is 10.7 Å². The van der Waals surface area contributed by atoms with E-state index in [-0.39, 0.29) is 34.3 Å². The molecular formula is C25H31Cl2N7O2S. The predicted octanol–water partition coefficient (Wildman–Crippen LogP) is 5.19. The third-order valence-corrected chi connectivity index (χ3v) is 7.90. The van der Waals surface area contributed by atoms with Gasteiger partial charge in [0.15, 0.2) is 0 Å².